The quantitative estimate of drug-likeness (QED) is 0.361. The first kappa shape index (κ1) is 29.8. The molecule has 8 nitrogen and oxygen atoms in total. The summed E-state index contributed by atoms with van der Waals surface area (Å²) in [7, 11) is -1.82. The van der Waals surface area contributed by atoms with Crippen LogP contribution in [-0.4, -0.2) is 61.1 Å². The molecule has 1 unspecified atom stereocenters. The highest BCUT2D eigenvalue weighted by Crippen LogP contribution is 2.34. The van der Waals surface area contributed by atoms with Crippen LogP contribution in [0.1, 0.15) is 66.1 Å². The molecule has 1 saturated heterocycles. The number of hydrogen-bond acceptors (Lipinski definition) is 5. The Morgan fingerprint density at radius 3 is 2.26 bits per heavy atom. The number of rotatable bonds is 8. The average Bonchev–Trinajstić information content (AvgIpc) is 2.95. The van der Waals surface area contributed by atoms with Gasteiger partial charge < -0.3 is 9.80 Å². The van der Waals surface area contributed by atoms with E-state index < -0.39 is 50.0 Å². The number of anilines is 1. The second kappa shape index (κ2) is 12.3. The molecule has 0 radical (unpaired) electrons. The van der Waals surface area contributed by atoms with Crippen LogP contribution < -0.4 is 4.90 Å². The van der Waals surface area contributed by atoms with Crippen LogP contribution in [0, 0.1) is 11.6 Å². The maximum atomic E-state index is 14.8. The van der Waals surface area contributed by atoms with Gasteiger partial charge in [0.1, 0.15) is 22.6 Å². The third kappa shape index (κ3) is 5.94. The zero-order chi connectivity index (χ0) is 30.0. The minimum absolute atomic E-state index is 0.0243. The minimum Gasteiger partial charge on any atom is -0.345 e. The zero-order valence-electron chi connectivity index (χ0n) is 23.7. The van der Waals surface area contributed by atoms with Crippen molar-refractivity contribution in [2.75, 3.05) is 25.5 Å². The predicted octanol–water partition coefficient (Wildman–Crippen LogP) is 5.11. The first-order valence-electron chi connectivity index (χ1n) is 14.1. The highest BCUT2D eigenvalue weighted by molar-refractivity contribution is 7.89. The Balaban J connectivity index is 1.41. The van der Waals surface area contributed by atoms with Crippen molar-refractivity contribution in [3.8, 4) is 0 Å². The summed E-state index contributed by atoms with van der Waals surface area (Å²) < 4.78 is 57.3. The molecule has 1 aliphatic carbocycles. The molecule has 1 saturated carbocycles. The lowest BCUT2D eigenvalue weighted by Gasteiger charge is -2.41. The summed E-state index contributed by atoms with van der Waals surface area (Å²) in [6.07, 6.45) is 8.04. The second-order valence-electron chi connectivity index (χ2n) is 11.1. The van der Waals surface area contributed by atoms with E-state index >= 15 is 0 Å². The van der Waals surface area contributed by atoms with Gasteiger partial charge in [-0.2, -0.15) is 4.31 Å². The topological polar surface area (TPSA) is 90.9 Å². The fraction of sp³-hybridized carbons (Fsp3) is 0.387. The third-order valence-electron chi connectivity index (χ3n) is 8.08. The Labute approximate surface area is 245 Å². The molecule has 222 valence electrons. The fourth-order valence-corrected chi connectivity index (χ4v) is 7.31. The number of para-hydroxylation sites is 1. The van der Waals surface area contributed by atoms with Crippen molar-refractivity contribution in [2.45, 2.75) is 61.9 Å². The standard InChI is InChI=1S/C31H34F2N4O4S/c1-35(2)30(38)25-17-29(27(33)18-26(25)32)42(40,41)37-16-15-28(37)31(39)36(24-11-7-4-8-12-24)20-23-14-13-22(19-34-23)21-9-5-3-6-10-21/h4,7-8,11-14,17-19,21,28H,3,5-6,9-10,15-16,20H2,1-2H3. The second-order valence-corrected chi connectivity index (χ2v) is 12.9. The number of amides is 2. The molecule has 2 aliphatic rings. The summed E-state index contributed by atoms with van der Waals surface area (Å²) in [5, 5.41) is 0. The summed E-state index contributed by atoms with van der Waals surface area (Å²) >= 11 is 0. The Bertz CT molecular complexity index is 1560. The minimum atomic E-state index is -4.57. The lowest BCUT2D eigenvalue weighted by molar-refractivity contribution is -0.125. The first-order chi connectivity index (χ1) is 20.1. The van der Waals surface area contributed by atoms with E-state index in [-0.39, 0.29) is 19.5 Å². The van der Waals surface area contributed by atoms with Gasteiger partial charge in [0.15, 0.2) is 0 Å². The SMILES string of the molecule is CN(C)C(=O)c1cc(S(=O)(=O)N2CCC2C(=O)N(Cc2ccc(C3CCCCC3)cn2)c2ccccc2)c(F)cc1F. The maximum Gasteiger partial charge on any atom is 0.256 e. The lowest BCUT2D eigenvalue weighted by Crippen LogP contribution is -2.59. The van der Waals surface area contributed by atoms with Gasteiger partial charge in [0.2, 0.25) is 15.9 Å². The van der Waals surface area contributed by atoms with E-state index in [1.165, 1.54) is 43.8 Å². The van der Waals surface area contributed by atoms with Crippen LogP contribution in [0.15, 0.2) is 65.7 Å². The van der Waals surface area contributed by atoms with E-state index in [1.807, 2.05) is 18.3 Å². The largest absolute Gasteiger partial charge is 0.345 e. The van der Waals surface area contributed by atoms with Crippen molar-refractivity contribution in [3.63, 3.8) is 0 Å². The monoisotopic (exact) mass is 596 g/mol. The summed E-state index contributed by atoms with van der Waals surface area (Å²) in [4.78, 5) is 32.6. The van der Waals surface area contributed by atoms with Gasteiger partial charge in [-0.05, 0) is 55.0 Å². The van der Waals surface area contributed by atoms with Crippen LogP contribution in [0.4, 0.5) is 14.5 Å². The molecule has 2 fully saturated rings. The normalized spacial score (nSPS) is 17.9. The van der Waals surface area contributed by atoms with Crippen LogP contribution in [0.2, 0.25) is 0 Å². The van der Waals surface area contributed by atoms with Gasteiger partial charge in [0.05, 0.1) is 17.8 Å². The molecular formula is C31H34F2N4O4S. The number of sulfonamides is 1. The molecule has 0 bridgehead atoms. The van der Waals surface area contributed by atoms with Crippen LogP contribution in [-0.2, 0) is 21.4 Å². The number of aromatic nitrogens is 1. The molecule has 2 heterocycles. The Morgan fingerprint density at radius 2 is 1.67 bits per heavy atom. The molecule has 1 atom stereocenters. The summed E-state index contributed by atoms with van der Waals surface area (Å²) in [6, 6.07) is 12.8. The van der Waals surface area contributed by atoms with Crippen molar-refractivity contribution in [3.05, 3.63) is 89.2 Å². The van der Waals surface area contributed by atoms with Crippen molar-refractivity contribution in [1.82, 2.24) is 14.2 Å². The van der Waals surface area contributed by atoms with Crippen LogP contribution >= 0.6 is 0 Å². The van der Waals surface area contributed by atoms with Gasteiger partial charge in [0, 0.05) is 38.6 Å². The van der Waals surface area contributed by atoms with Crippen molar-refractivity contribution in [2.24, 2.45) is 0 Å². The summed E-state index contributed by atoms with van der Waals surface area (Å²) in [5.74, 6) is -3.30. The number of hydrogen-bond donors (Lipinski definition) is 0. The molecular weight excluding hydrogens is 562 g/mol. The van der Waals surface area contributed by atoms with Gasteiger partial charge in [-0.3, -0.25) is 14.6 Å². The van der Waals surface area contributed by atoms with Gasteiger partial charge in [-0.15, -0.1) is 0 Å². The fourth-order valence-electron chi connectivity index (χ4n) is 5.61. The number of halogens is 2. The summed E-state index contributed by atoms with van der Waals surface area (Å²) in [6.45, 7) is 0.0913. The molecule has 3 aromatic rings. The Hall–Kier alpha value is -3.70. The molecule has 2 amide bonds. The van der Waals surface area contributed by atoms with E-state index in [1.54, 1.807) is 24.3 Å². The van der Waals surface area contributed by atoms with Crippen LogP contribution in [0.25, 0.3) is 0 Å². The highest BCUT2D eigenvalue weighted by Gasteiger charge is 2.46. The molecule has 42 heavy (non-hydrogen) atoms. The smallest absolute Gasteiger partial charge is 0.256 e. The predicted molar refractivity (Wildman–Crippen MR) is 154 cm³/mol. The molecule has 1 aliphatic heterocycles. The van der Waals surface area contributed by atoms with Gasteiger partial charge in [-0.1, -0.05) is 43.5 Å². The van der Waals surface area contributed by atoms with Gasteiger partial charge in [-0.25, -0.2) is 17.2 Å². The highest BCUT2D eigenvalue weighted by atomic mass is 32.2. The van der Waals surface area contributed by atoms with Crippen LogP contribution in [0.3, 0.4) is 0 Å². The van der Waals surface area contributed by atoms with E-state index in [0.717, 1.165) is 22.0 Å². The molecule has 0 N–H and O–H groups in total. The molecule has 2 aromatic carbocycles. The molecule has 11 heteroatoms. The van der Waals surface area contributed by atoms with Gasteiger partial charge >= 0.3 is 0 Å². The Morgan fingerprint density at radius 1 is 0.952 bits per heavy atom. The van der Waals surface area contributed by atoms with Crippen LogP contribution in [0.5, 0.6) is 0 Å². The van der Waals surface area contributed by atoms with Gasteiger partial charge in [0.25, 0.3) is 5.91 Å². The Kier molecular flexibility index (Phi) is 8.70. The number of nitrogens with zero attached hydrogens (tertiary/aromatic N) is 4. The van der Waals surface area contributed by atoms with E-state index in [9.17, 15) is 26.8 Å². The molecule has 1 aromatic heterocycles. The van der Waals surface area contributed by atoms with E-state index in [0.29, 0.717) is 29.4 Å². The average molecular weight is 597 g/mol. The molecule has 0 spiro atoms. The number of benzene rings is 2. The van der Waals surface area contributed by atoms with Crippen molar-refractivity contribution in [1.29, 1.82) is 0 Å². The van der Waals surface area contributed by atoms with E-state index in [2.05, 4.69) is 11.1 Å². The van der Waals surface area contributed by atoms with E-state index in [4.69, 9.17) is 0 Å². The number of carbonyl (C=O) groups excluding carboxylic acids is 2. The van der Waals surface area contributed by atoms with Crippen molar-refractivity contribution >= 4 is 27.5 Å². The lowest BCUT2D eigenvalue weighted by atomic mass is 9.85. The maximum absolute atomic E-state index is 14.8. The molecule has 5 rings (SSSR count). The zero-order valence-corrected chi connectivity index (χ0v) is 24.5. The number of carbonyl (C=O) groups is 2. The summed E-state index contributed by atoms with van der Waals surface area (Å²) in [5.41, 5.74) is 1.83. The number of pyridine rings is 1. The third-order valence-corrected chi connectivity index (χ3v) is 10.0. The van der Waals surface area contributed by atoms with Crippen molar-refractivity contribution < 1.29 is 26.8 Å². The first-order valence-corrected chi connectivity index (χ1v) is 15.6.